The molecule has 3 heteroatoms. The van der Waals surface area contributed by atoms with Gasteiger partial charge in [0.1, 0.15) is 6.61 Å². The van der Waals surface area contributed by atoms with Gasteiger partial charge < -0.3 is 9.47 Å². The Kier molecular flexibility index (Phi) is 28.0. The minimum atomic E-state index is -0.0634. The van der Waals surface area contributed by atoms with Crippen molar-refractivity contribution in [2.45, 2.75) is 162 Å². The molecule has 0 aliphatic heterocycles. The summed E-state index contributed by atoms with van der Waals surface area (Å²) in [6.07, 6.45) is 30.0. The van der Waals surface area contributed by atoms with Crippen LogP contribution in [-0.4, -0.2) is 25.8 Å². The van der Waals surface area contributed by atoms with E-state index in [4.69, 9.17) is 9.47 Å². The van der Waals surface area contributed by atoms with Crippen molar-refractivity contribution in [1.82, 2.24) is 0 Å². The molecule has 0 amide bonds. The first-order valence-corrected chi connectivity index (χ1v) is 14.5. The van der Waals surface area contributed by atoms with Gasteiger partial charge in [-0.3, -0.25) is 4.79 Å². The highest BCUT2D eigenvalue weighted by Crippen LogP contribution is 2.13. The van der Waals surface area contributed by atoms with Crippen molar-refractivity contribution in [3.05, 3.63) is 0 Å². The summed E-state index contributed by atoms with van der Waals surface area (Å²) in [6.45, 7) is 6.26. The van der Waals surface area contributed by atoms with Crippen molar-refractivity contribution in [3.63, 3.8) is 0 Å². The monoisotopic (exact) mass is 454 g/mol. The van der Waals surface area contributed by atoms with Crippen LogP contribution in [0.5, 0.6) is 0 Å². The zero-order chi connectivity index (χ0) is 23.4. The quantitative estimate of drug-likeness (QED) is 0.0915. The predicted octanol–water partition coefficient (Wildman–Crippen LogP) is 9.56. The van der Waals surface area contributed by atoms with Gasteiger partial charge in [0.2, 0.25) is 0 Å². The Morgan fingerprint density at radius 3 is 1.25 bits per heavy atom. The maximum Gasteiger partial charge on any atom is 0.305 e. The average Bonchev–Trinajstić information content (AvgIpc) is 2.80. The molecule has 0 aromatic carbocycles. The lowest BCUT2D eigenvalue weighted by Gasteiger charge is -2.06. The van der Waals surface area contributed by atoms with Gasteiger partial charge in [-0.2, -0.15) is 0 Å². The Bertz CT molecular complexity index is 356. The van der Waals surface area contributed by atoms with E-state index in [-0.39, 0.29) is 5.97 Å². The van der Waals surface area contributed by atoms with Crippen LogP contribution in [-0.2, 0) is 14.3 Å². The molecule has 0 bridgehead atoms. The Balaban J connectivity index is 3.09. The van der Waals surface area contributed by atoms with Crippen molar-refractivity contribution in [3.8, 4) is 0 Å². The second kappa shape index (κ2) is 28.5. The van der Waals surface area contributed by atoms with Gasteiger partial charge in [0.05, 0.1) is 6.61 Å². The Hall–Kier alpha value is -0.570. The molecule has 0 aliphatic carbocycles. The van der Waals surface area contributed by atoms with Crippen molar-refractivity contribution < 1.29 is 14.3 Å². The van der Waals surface area contributed by atoms with E-state index < -0.39 is 0 Å². The fourth-order valence-electron chi connectivity index (χ4n) is 4.19. The summed E-state index contributed by atoms with van der Waals surface area (Å²) < 4.78 is 10.8. The highest BCUT2D eigenvalue weighted by Gasteiger charge is 2.02. The van der Waals surface area contributed by atoms with Crippen LogP contribution in [0.15, 0.2) is 0 Å². The molecule has 0 aromatic heterocycles. The molecule has 192 valence electrons. The van der Waals surface area contributed by atoms with Crippen LogP contribution in [0.1, 0.15) is 162 Å². The molecule has 0 N–H and O–H groups in total. The summed E-state index contributed by atoms with van der Waals surface area (Å²) in [5, 5.41) is 0. The van der Waals surface area contributed by atoms with Crippen molar-refractivity contribution in [2.24, 2.45) is 0 Å². The van der Waals surface area contributed by atoms with Gasteiger partial charge in [-0.05, 0) is 12.8 Å². The lowest BCUT2D eigenvalue weighted by atomic mass is 10.0. The average molecular weight is 455 g/mol. The molecular formula is C29H58O3. The maximum absolute atomic E-state index is 11.6. The predicted molar refractivity (Wildman–Crippen MR) is 139 cm³/mol. The molecule has 0 rings (SSSR count). The van der Waals surface area contributed by atoms with Gasteiger partial charge >= 0.3 is 5.97 Å². The van der Waals surface area contributed by atoms with Gasteiger partial charge in [-0.25, -0.2) is 0 Å². The number of hydrogen-bond acceptors (Lipinski definition) is 3. The number of carbonyl (C=O) groups excluding carboxylic acids is 1. The topological polar surface area (TPSA) is 35.5 Å². The standard InChI is InChI=1S/C29H58O3/c1-3-5-7-9-11-12-13-14-15-16-17-18-19-20-22-24-26-31-27-28-32-29(30)25-23-21-10-8-6-4-2/h3-28H2,1-2H3. The smallest absolute Gasteiger partial charge is 0.305 e. The van der Waals surface area contributed by atoms with E-state index in [0.717, 1.165) is 25.9 Å². The van der Waals surface area contributed by atoms with Gasteiger partial charge in [0.15, 0.2) is 0 Å². The number of ether oxygens (including phenoxy) is 2. The molecule has 0 saturated heterocycles. The molecule has 3 nitrogen and oxygen atoms in total. The fourth-order valence-corrected chi connectivity index (χ4v) is 4.19. The van der Waals surface area contributed by atoms with E-state index in [1.54, 1.807) is 0 Å². The molecular weight excluding hydrogens is 396 g/mol. The van der Waals surface area contributed by atoms with E-state index in [1.807, 2.05) is 0 Å². The molecule has 0 atom stereocenters. The molecule has 0 aromatic rings. The third-order valence-electron chi connectivity index (χ3n) is 6.37. The second-order valence-corrected chi connectivity index (χ2v) is 9.65. The molecule has 0 spiro atoms. The number of rotatable bonds is 27. The molecule has 0 aliphatic rings. The molecule has 0 radical (unpaired) electrons. The Labute approximate surface area is 201 Å². The largest absolute Gasteiger partial charge is 0.463 e. The summed E-state index contributed by atoms with van der Waals surface area (Å²) in [4.78, 5) is 11.6. The van der Waals surface area contributed by atoms with Crippen molar-refractivity contribution >= 4 is 5.97 Å². The van der Waals surface area contributed by atoms with E-state index in [0.29, 0.717) is 19.6 Å². The number of hydrogen-bond donors (Lipinski definition) is 0. The van der Waals surface area contributed by atoms with Crippen LogP contribution >= 0.6 is 0 Å². The lowest BCUT2D eigenvalue weighted by molar-refractivity contribution is -0.145. The first-order valence-electron chi connectivity index (χ1n) is 14.5. The Morgan fingerprint density at radius 2 is 0.812 bits per heavy atom. The van der Waals surface area contributed by atoms with Crippen molar-refractivity contribution in [2.75, 3.05) is 19.8 Å². The van der Waals surface area contributed by atoms with E-state index in [9.17, 15) is 4.79 Å². The molecule has 0 unspecified atom stereocenters. The Morgan fingerprint density at radius 1 is 0.438 bits per heavy atom. The van der Waals surface area contributed by atoms with Gasteiger partial charge in [-0.1, -0.05) is 142 Å². The summed E-state index contributed by atoms with van der Waals surface area (Å²) in [6, 6.07) is 0. The van der Waals surface area contributed by atoms with E-state index in [2.05, 4.69) is 13.8 Å². The second-order valence-electron chi connectivity index (χ2n) is 9.65. The zero-order valence-corrected chi connectivity index (χ0v) is 22.1. The lowest BCUT2D eigenvalue weighted by Crippen LogP contribution is -2.10. The van der Waals surface area contributed by atoms with Crippen LogP contribution in [0.2, 0.25) is 0 Å². The summed E-state index contributed by atoms with van der Waals surface area (Å²) in [5.74, 6) is -0.0634. The third-order valence-corrected chi connectivity index (χ3v) is 6.37. The van der Waals surface area contributed by atoms with Crippen LogP contribution in [0, 0.1) is 0 Å². The van der Waals surface area contributed by atoms with Crippen LogP contribution in [0.3, 0.4) is 0 Å². The first kappa shape index (κ1) is 31.4. The first-order chi connectivity index (χ1) is 15.8. The molecule has 32 heavy (non-hydrogen) atoms. The SMILES string of the molecule is CCCCCCCCCCCCCCCCCCOCCOC(=O)CCCCCCCC. The van der Waals surface area contributed by atoms with Gasteiger partial charge in [-0.15, -0.1) is 0 Å². The van der Waals surface area contributed by atoms with E-state index >= 15 is 0 Å². The highest BCUT2D eigenvalue weighted by atomic mass is 16.6. The third kappa shape index (κ3) is 27.5. The highest BCUT2D eigenvalue weighted by molar-refractivity contribution is 5.69. The molecule has 0 fully saturated rings. The van der Waals surface area contributed by atoms with Crippen LogP contribution in [0.4, 0.5) is 0 Å². The summed E-state index contributed by atoms with van der Waals surface area (Å²) in [7, 11) is 0. The number of unbranched alkanes of at least 4 members (excludes halogenated alkanes) is 20. The molecule has 0 saturated carbocycles. The maximum atomic E-state index is 11.6. The normalized spacial score (nSPS) is 11.2. The van der Waals surface area contributed by atoms with Crippen molar-refractivity contribution in [1.29, 1.82) is 0 Å². The van der Waals surface area contributed by atoms with E-state index in [1.165, 1.54) is 122 Å². The fraction of sp³-hybridized carbons (Fsp3) is 0.966. The minimum Gasteiger partial charge on any atom is -0.463 e. The number of esters is 1. The van der Waals surface area contributed by atoms with Crippen LogP contribution < -0.4 is 0 Å². The molecule has 0 heterocycles. The zero-order valence-electron chi connectivity index (χ0n) is 22.1. The number of carbonyl (C=O) groups is 1. The van der Waals surface area contributed by atoms with Crippen LogP contribution in [0.25, 0.3) is 0 Å². The van der Waals surface area contributed by atoms with Gasteiger partial charge in [0, 0.05) is 13.0 Å². The minimum absolute atomic E-state index is 0.0634. The van der Waals surface area contributed by atoms with Gasteiger partial charge in [0.25, 0.3) is 0 Å². The summed E-state index contributed by atoms with van der Waals surface area (Å²) in [5.41, 5.74) is 0. The summed E-state index contributed by atoms with van der Waals surface area (Å²) >= 11 is 0.